The molecule has 1 aliphatic rings. The summed E-state index contributed by atoms with van der Waals surface area (Å²) in [6.45, 7) is 0.715. The van der Waals surface area contributed by atoms with Crippen LogP contribution >= 0.6 is 27.5 Å². The largest absolute Gasteiger partial charge is 0.401 e. The maximum absolute atomic E-state index is 12.3. The number of nitrogens with one attached hydrogen (secondary N) is 1. The van der Waals surface area contributed by atoms with E-state index in [1.165, 1.54) is 11.1 Å². The van der Waals surface area contributed by atoms with Gasteiger partial charge in [-0.3, -0.25) is 4.90 Å². The molecule has 3 nitrogen and oxygen atoms in total. The molecule has 112 valence electrons. The van der Waals surface area contributed by atoms with Crippen molar-refractivity contribution in [2.75, 3.05) is 31.5 Å². The van der Waals surface area contributed by atoms with E-state index >= 15 is 0 Å². The van der Waals surface area contributed by atoms with Crippen LogP contribution in [0.1, 0.15) is 6.42 Å². The summed E-state index contributed by atoms with van der Waals surface area (Å²) in [4.78, 5) is 5.57. The van der Waals surface area contributed by atoms with Crippen molar-refractivity contribution in [1.29, 1.82) is 0 Å². The van der Waals surface area contributed by atoms with Crippen LogP contribution in [0.5, 0.6) is 0 Å². The zero-order valence-electron chi connectivity index (χ0n) is 10.6. The molecule has 1 aromatic rings. The van der Waals surface area contributed by atoms with E-state index in [2.05, 4.69) is 26.2 Å². The van der Waals surface area contributed by atoms with Crippen molar-refractivity contribution in [3.8, 4) is 0 Å². The predicted molar refractivity (Wildman–Crippen MR) is 76.0 cm³/mol. The van der Waals surface area contributed by atoms with E-state index in [1.807, 2.05) is 0 Å². The first-order valence-electron chi connectivity index (χ1n) is 6.17. The van der Waals surface area contributed by atoms with Crippen molar-refractivity contribution >= 4 is 33.3 Å². The van der Waals surface area contributed by atoms with Crippen LogP contribution in [-0.2, 0) is 0 Å². The number of nitrogens with zero attached hydrogens (tertiary/aromatic N) is 2. The van der Waals surface area contributed by atoms with Crippen LogP contribution in [0.15, 0.2) is 16.7 Å². The van der Waals surface area contributed by atoms with Crippen molar-refractivity contribution in [2.24, 2.45) is 5.92 Å². The summed E-state index contributed by atoms with van der Waals surface area (Å²) in [7, 11) is 0. The number of rotatable bonds is 4. The van der Waals surface area contributed by atoms with Gasteiger partial charge in [-0.1, -0.05) is 11.6 Å². The van der Waals surface area contributed by atoms with Gasteiger partial charge >= 0.3 is 6.18 Å². The molecule has 0 radical (unpaired) electrons. The molecule has 0 bridgehead atoms. The molecule has 1 N–H and O–H groups in total. The average molecular weight is 373 g/mol. The lowest BCUT2D eigenvalue weighted by atomic mass is 10.1. The summed E-state index contributed by atoms with van der Waals surface area (Å²) in [5.41, 5.74) is 0. The molecular formula is C12H14BrClF3N3. The van der Waals surface area contributed by atoms with Gasteiger partial charge in [0.15, 0.2) is 0 Å². The van der Waals surface area contributed by atoms with Crippen LogP contribution in [-0.4, -0.2) is 42.2 Å². The van der Waals surface area contributed by atoms with Crippen molar-refractivity contribution < 1.29 is 13.2 Å². The third-order valence-corrected chi connectivity index (χ3v) is 3.95. The van der Waals surface area contributed by atoms with Crippen molar-refractivity contribution in [3.63, 3.8) is 0 Å². The molecule has 20 heavy (non-hydrogen) atoms. The summed E-state index contributed by atoms with van der Waals surface area (Å²) in [5, 5.41) is 3.67. The number of hydrogen-bond donors (Lipinski definition) is 1. The van der Waals surface area contributed by atoms with Crippen LogP contribution in [0.2, 0.25) is 5.02 Å². The highest BCUT2D eigenvalue weighted by molar-refractivity contribution is 9.10. The van der Waals surface area contributed by atoms with Gasteiger partial charge in [0, 0.05) is 19.3 Å². The van der Waals surface area contributed by atoms with Gasteiger partial charge in [-0.05, 0) is 40.9 Å². The van der Waals surface area contributed by atoms with Gasteiger partial charge in [0.25, 0.3) is 0 Å². The summed E-state index contributed by atoms with van der Waals surface area (Å²) in [6.07, 6.45) is -1.84. The second kappa shape index (κ2) is 6.49. The number of hydrogen-bond acceptors (Lipinski definition) is 3. The van der Waals surface area contributed by atoms with E-state index in [-0.39, 0.29) is 5.92 Å². The Labute approximate surface area is 128 Å². The first kappa shape index (κ1) is 15.9. The third kappa shape index (κ3) is 4.79. The van der Waals surface area contributed by atoms with Gasteiger partial charge in [0.05, 0.1) is 16.0 Å². The molecule has 1 atom stereocenters. The zero-order chi connectivity index (χ0) is 14.8. The smallest absolute Gasteiger partial charge is 0.369 e. The maximum Gasteiger partial charge on any atom is 0.401 e. The van der Waals surface area contributed by atoms with Crippen LogP contribution in [0.3, 0.4) is 0 Å². The molecule has 2 rings (SSSR count). The second-order valence-corrected chi connectivity index (χ2v) is 6.16. The summed E-state index contributed by atoms with van der Waals surface area (Å²) >= 11 is 9.13. The number of halogens is 5. The Hall–Kier alpha value is -0.530. The predicted octanol–water partition coefficient (Wildman–Crippen LogP) is 3.79. The van der Waals surface area contributed by atoms with Gasteiger partial charge in [-0.25, -0.2) is 4.98 Å². The molecule has 1 aliphatic heterocycles. The topological polar surface area (TPSA) is 28.2 Å². The van der Waals surface area contributed by atoms with Crippen molar-refractivity contribution in [2.45, 2.75) is 12.6 Å². The van der Waals surface area contributed by atoms with Gasteiger partial charge < -0.3 is 5.32 Å². The highest BCUT2D eigenvalue weighted by Crippen LogP contribution is 2.25. The lowest BCUT2D eigenvalue weighted by molar-refractivity contribution is -0.143. The van der Waals surface area contributed by atoms with Crippen molar-refractivity contribution in [3.05, 3.63) is 21.8 Å². The lowest BCUT2D eigenvalue weighted by Gasteiger charge is -2.18. The number of likely N-dealkylation sites (tertiary alicyclic amines) is 1. The number of alkyl halides is 3. The molecule has 0 aromatic carbocycles. The normalized spacial score (nSPS) is 20.4. The minimum Gasteiger partial charge on any atom is -0.369 e. The summed E-state index contributed by atoms with van der Waals surface area (Å²) in [5.74, 6) is 0.852. The fourth-order valence-corrected chi connectivity index (χ4v) is 3.04. The Morgan fingerprint density at radius 1 is 1.50 bits per heavy atom. The SMILES string of the molecule is FC(F)(F)CN1CCC(CNc2ncc(Cl)cc2Br)C1. The molecule has 8 heteroatoms. The monoisotopic (exact) mass is 371 g/mol. The maximum atomic E-state index is 12.3. The van der Waals surface area contributed by atoms with E-state index in [0.29, 0.717) is 30.5 Å². The van der Waals surface area contributed by atoms with Crippen LogP contribution < -0.4 is 5.32 Å². The Morgan fingerprint density at radius 2 is 2.25 bits per heavy atom. The Kier molecular flexibility index (Phi) is 5.14. The van der Waals surface area contributed by atoms with E-state index in [0.717, 1.165) is 10.9 Å². The fourth-order valence-electron chi connectivity index (χ4n) is 2.26. The van der Waals surface area contributed by atoms with E-state index in [4.69, 9.17) is 11.6 Å². The average Bonchev–Trinajstić information content (AvgIpc) is 2.73. The third-order valence-electron chi connectivity index (χ3n) is 3.14. The Balaban J connectivity index is 1.81. The summed E-state index contributed by atoms with van der Waals surface area (Å²) in [6, 6.07) is 1.72. The van der Waals surface area contributed by atoms with Crippen LogP contribution in [0.4, 0.5) is 19.0 Å². The Bertz CT molecular complexity index is 470. The number of anilines is 1. The van der Waals surface area contributed by atoms with E-state index in [1.54, 1.807) is 6.07 Å². The first-order valence-corrected chi connectivity index (χ1v) is 7.34. The van der Waals surface area contributed by atoms with Gasteiger partial charge in [-0.15, -0.1) is 0 Å². The molecule has 1 fully saturated rings. The molecule has 2 heterocycles. The van der Waals surface area contributed by atoms with Gasteiger partial charge in [0.1, 0.15) is 5.82 Å². The number of pyridine rings is 1. The highest BCUT2D eigenvalue weighted by Gasteiger charge is 2.34. The second-order valence-electron chi connectivity index (χ2n) is 4.87. The molecule has 0 amide bonds. The lowest BCUT2D eigenvalue weighted by Crippen LogP contribution is -2.33. The molecule has 0 spiro atoms. The zero-order valence-corrected chi connectivity index (χ0v) is 12.9. The standard InChI is InChI=1S/C12H14BrClF3N3/c13-10-3-9(14)5-19-11(10)18-4-8-1-2-20(6-8)7-12(15,16)17/h3,5,8H,1-2,4,6-7H2,(H,18,19). The summed E-state index contributed by atoms with van der Waals surface area (Å²) < 4.78 is 37.6. The van der Waals surface area contributed by atoms with Crippen LogP contribution in [0, 0.1) is 5.92 Å². The van der Waals surface area contributed by atoms with Crippen molar-refractivity contribution in [1.82, 2.24) is 9.88 Å². The molecule has 1 aromatic heterocycles. The molecular weight excluding hydrogens is 359 g/mol. The molecule has 0 saturated carbocycles. The molecule has 1 saturated heterocycles. The Morgan fingerprint density at radius 3 is 2.90 bits per heavy atom. The number of aromatic nitrogens is 1. The van der Waals surface area contributed by atoms with Gasteiger partial charge in [0.2, 0.25) is 0 Å². The quantitative estimate of drug-likeness (QED) is 0.871. The highest BCUT2D eigenvalue weighted by atomic mass is 79.9. The van der Waals surface area contributed by atoms with Gasteiger partial charge in [-0.2, -0.15) is 13.2 Å². The minimum absolute atomic E-state index is 0.196. The van der Waals surface area contributed by atoms with Crippen LogP contribution in [0.25, 0.3) is 0 Å². The van der Waals surface area contributed by atoms with E-state index < -0.39 is 12.7 Å². The molecule has 1 unspecified atom stereocenters. The molecule has 0 aliphatic carbocycles. The minimum atomic E-state index is -4.12. The van der Waals surface area contributed by atoms with E-state index in [9.17, 15) is 13.2 Å². The fraction of sp³-hybridized carbons (Fsp3) is 0.583. The first-order chi connectivity index (χ1) is 9.33.